The third-order valence-electron chi connectivity index (χ3n) is 2.94. The number of thioether (sulfide) groups is 1. The van der Waals surface area contributed by atoms with E-state index in [1.54, 1.807) is 0 Å². The quantitative estimate of drug-likeness (QED) is 0.618. The van der Waals surface area contributed by atoms with Crippen LogP contribution in [-0.4, -0.2) is 35.4 Å². The molecule has 1 heterocycles. The highest BCUT2D eigenvalue weighted by Crippen LogP contribution is 2.22. The minimum absolute atomic E-state index is 0.281. The number of carbonyl (C=O) groups is 1. The van der Waals surface area contributed by atoms with E-state index >= 15 is 0 Å². The van der Waals surface area contributed by atoms with Crippen LogP contribution < -0.4 is 0 Å². The maximum absolute atomic E-state index is 12.0. The summed E-state index contributed by atoms with van der Waals surface area (Å²) in [6.07, 6.45) is 7.45. The van der Waals surface area contributed by atoms with Gasteiger partial charge in [0, 0.05) is 30.5 Å². The fourth-order valence-corrected chi connectivity index (χ4v) is 2.96. The van der Waals surface area contributed by atoms with Gasteiger partial charge < -0.3 is 4.90 Å². The number of allylic oxidation sites excluding steroid dienone is 2. The number of hydrogen-bond donors (Lipinski definition) is 0. The van der Waals surface area contributed by atoms with Crippen molar-refractivity contribution in [3.05, 3.63) is 12.2 Å². The first kappa shape index (κ1) is 10.1. The Morgan fingerprint density at radius 1 is 1.29 bits per heavy atom. The van der Waals surface area contributed by atoms with E-state index in [4.69, 9.17) is 0 Å². The molecule has 0 aromatic carbocycles. The smallest absolute Gasteiger partial charge is 0.226 e. The summed E-state index contributed by atoms with van der Waals surface area (Å²) in [6, 6.07) is 0. The summed E-state index contributed by atoms with van der Waals surface area (Å²) >= 11 is 1.95. The molecule has 1 aliphatic carbocycles. The second-order valence-electron chi connectivity index (χ2n) is 3.92. The third-order valence-corrected chi connectivity index (χ3v) is 3.88. The van der Waals surface area contributed by atoms with Crippen LogP contribution in [0.1, 0.15) is 19.3 Å². The molecular formula is C11H17NOS. The average Bonchev–Trinajstić information content (AvgIpc) is 2.30. The summed E-state index contributed by atoms with van der Waals surface area (Å²) in [5.74, 6) is 2.92. The third kappa shape index (κ3) is 2.32. The van der Waals surface area contributed by atoms with Crippen molar-refractivity contribution in [2.24, 2.45) is 5.92 Å². The molecule has 0 saturated carbocycles. The van der Waals surface area contributed by atoms with Gasteiger partial charge in [0.1, 0.15) is 0 Å². The number of carbonyl (C=O) groups excluding carboxylic acids is 1. The van der Waals surface area contributed by atoms with Crippen LogP contribution in [0.15, 0.2) is 12.2 Å². The van der Waals surface area contributed by atoms with Crippen LogP contribution in [0.3, 0.4) is 0 Å². The Morgan fingerprint density at radius 2 is 2.07 bits per heavy atom. The molecule has 78 valence electrons. The summed E-state index contributed by atoms with van der Waals surface area (Å²) in [5.41, 5.74) is 0. The van der Waals surface area contributed by atoms with Crippen LogP contribution in [0.5, 0.6) is 0 Å². The molecule has 0 aromatic heterocycles. The van der Waals surface area contributed by atoms with Crippen LogP contribution in [0.4, 0.5) is 0 Å². The molecule has 0 unspecified atom stereocenters. The Balaban J connectivity index is 1.89. The van der Waals surface area contributed by atoms with Crippen LogP contribution >= 0.6 is 11.8 Å². The summed E-state index contributed by atoms with van der Waals surface area (Å²) in [7, 11) is 0. The summed E-state index contributed by atoms with van der Waals surface area (Å²) < 4.78 is 0. The topological polar surface area (TPSA) is 20.3 Å². The number of rotatable bonds is 1. The van der Waals surface area contributed by atoms with Crippen LogP contribution in [0.2, 0.25) is 0 Å². The second kappa shape index (κ2) is 4.87. The van der Waals surface area contributed by atoms with Gasteiger partial charge in [0.2, 0.25) is 5.91 Å². The van der Waals surface area contributed by atoms with Gasteiger partial charge in [-0.1, -0.05) is 12.2 Å². The van der Waals surface area contributed by atoms with Gasteiger partial charge in [0.05, 0.1) is 0 Å². The van der Waals surface area contributed by atoms with Crippen LogP contribution in [-0.2, 0) is 4.79 Å². The minimum Gasteiger partial charge on any atom is -0.341 e. The molecule has 14 heavy (non-hydrogen) atoms. The lowest BCUT2D eigenvalue weighted by molar-refractivity contribution is -0.135. The largest absolute Gasteiger partial charge is 0.341 e. The lowest BCUT2D eigenvalue weighted by Crippen LogP contribution is -2.41. The maximum Gasteiger partial charge on any atom is 0.226 e. The highest BCUT2D eigenvalue weighted by atomic mass is 32.2. The molecule has 2 nitrogen and oxygen atoms in total. The van der Waals surface area contributed by atoms with Gasteiger partial charge in [-0.15, -0.1) is 0 Å². The van der Waals surface area contributed by atoms with E-state index in [0.29, 0.717) is 5.91 Å². The van der Waals surface area contributed by atoms with Gasteiger partial charge in [-0.3, -0.25) is 4.79 Å². The zero-order valence-corrected chi connectivity index (χ0v) is 9.26. The highest BCUT2D eigenvalue weighted by Gasteiger charge is 2.25. The van der Waals surface area contributed by atoms with Crippen LogP contribution in [0.25, 0.3) is 0 Å². The lowest BCUT2D eigenvalue weighted by Gasteiger charge is -2.30. The molecule has 1 saturated heterocycles. The molecule has 1 aliphatic heterocycles. The Morgan fingerprint density at radius 3 is 2.71 bits per heavy atom. The number of amides is 1. The zero-order chi connectivity index (χ0) is 9.80. The number of hydrogen-bond acceptors (Lipinski definition) is 2. The minimum atomic E-state index is 0.281. The summed E-state index contributed by atoms with van der Waals surface area (Å²) in [5, 5.41) is 0. The van der Waals surface area contributed by atoms with E-state index in [0.717, 1.165) is 43.9 Å². The first-order chi connectivity index (χ1) is 6.88. The molecule has 1 amide bonds. The van der Waals surface area contributed by atoms with Crippen molar-refractivity contribution < 1.29 is 4.79 Å². The molecule has 2 aliphatic rings. The van der Waals surface area contributed by atoms with E-state index in [-0.39, 0.29) is 5.92 Å². The van der Waals surface area contributed by atoms with Gasteiger partial charge in [-0.25, -0.2) is 0 Å². The Labute approximate surface area is 89.7 Å². The van der Waals surface area contributed by atoms with Crippen molar-refractivity contribution in [2.75, 3.05) is 24.6 Å². The normalized spacial score (nSPS) is 27.7. The molecule has 1 atom stereocenters. The average molecular weight is 211 g/mol. The molecule has 0 radical (unpaired) electrons. The Bertz CT molecular complexity index is 233. The van der Waals surface area contributed by atoms with E-state index in [1.807, 2.05) is 11.8 Å². The van der Waals surface area contributed by atoms with E-state index in [1.165, 1.54) is 0 Å². The van der Waals surface area contributed by atoms with Crippen molar-refractivity contribution >= 4 is 17.7 Å². The molecule has 1 fully saturated rings. The molecule has 0 spiro atoms. The van der Waals surface area contributed by atoms with Gasteiger partial charge in [0.15, 0.2) is 0 Å². The molecule has 0 aromatic rings. The highest BCUT2D eigenvalue weighted by molar-refractivity contribution is 7.99. The van der Waals surface area contributed by atoms with E-state index in [2.05, 4.69) is 17.1 Å². The molecule has 3 heteroatoms. The second-order valence-corrected chi connectivity index (χ2v) is 5.14. The maximum atomic E-state index is 12.0. The Kier molecular flexibility index (Phi) is 3.51. The van der Waals surface area contributed by atoms with Crippen molar-refractivity contribution in [3.8, 4) is 0 Å². The van der Waals surface area contributed by atoms with Gasteiger partial charge >= 0.3 is 0 Å². The molecular weight excluding hydrogens is 194 g/mol. The van der Waals surface area contributed by atoms with Crippen molar-refractivity contribution in [1.29, 1.82) is 0 Å². The first-order valence-electron chi connectivity index (χ1n) is 5.39. The van der Waals surface area contributed by atoms with E-state index in [9.17, 15) is 4.79 Å². The fraction of sp³-hybridized carbons (Fsp3) is 0.727. The van der Waals surface area contributed by atoms with Gasteiger partial charge in [-0.05, 0) is 19.3 Å². The van der Waals surface area contributed by atoms with Gasteiger partial charge in [-0.2, -0.15) is 11.8 Å². The Hall–Kier alpha value is -0.440. The lowest BCUT2D eigenvalue weighted by atomic mass is 9.93. The zero-order valence-electron chi connectivity index (χ0n) is 8.45. The number of nitrogens with zero attached hydrogens (tertiary/aromatic N) is 1. The fourth-order valence-electron chi connectivity index (χ4n) is 2.06. The predicted molar refractivity (Wildman–Crippen MR) is 60.4 cm³/mol. The molecule has 2 rings (SSSR count). The first-order valence-corrected chi connectivity index (χ1v) is 6.55. The molecule has 0 bridgehead atoms. The van der Waals surface area contributed by atoms with Gasteiger partial charge in [0.25, 0.3) is 0 Å². The van der Waals surface area contributed by atoms with Crippen molar-refractivity contribution in [3.63, 3.8) is 0 Å². The molecule has 0 N–H and O–H groups in total. The summed E-state index contributed by atoms with van der Waals surface area (Å²) in [6.45, 7) is 1.92. The summed E-state index contributed by atoms with van der Waals surface area (Å²) in [4.78, 5) is 14.1. The van der Waals surface area contributed by atoms with Crippen molar-refractivity contribution in [2.45, 2.75) is 19.3 Å². The van der Waals surface area contributed by atoms with Crippen molar-refractivity contribution in [1.82, 2.24) is 4.90 Å². The predicted octanol–water partition coefficient (Wildman–Crippen LogP) is 1.92. The monoisotopic (exact) mass is 211 g/mol. The SMILES string of the molecule is O=C([C@@H]1CC=CCC1)N1CCSCC1. The van der Waals surface area contributed by atoms with E-state index < -0.39 is 0 Å². The van der Waals surface area contributed by atoms with Crippen LogP contribution in [0, 0.1) is 5.92 Å². The standard InChI is InChI=1S/C11H17NOS/c13-11(10-4-2-1-3-5-10)12-6-8-14-9-7-12/h1-2,10H,3-9H2/t10-/m1/s1.